The van der Waals surface area contributed by atoms with Crippen LogP contribution in [-0.2, 0) is 0 Å². The summed E-state index contributed by atoms with van der Waals surface area (Å²) in [6, 6.07) is 6.02. The summed E-state index contributed by atoms with van der Waals surface area (Å²) in [4.78, 5) is 18.9. The summed E-state index contributed by atoms with van der Waals surface area (Å²) in [6.45, 7) is 3.45. The van der Waals surface area contributed by atoms with Gasteiger partial charge in [0.15, 0.2) is 0 Å². The Balaban J connectivity index is 2.18. The Bertz CT molecular complexity index is 646. The standard InChI is InChI=1S/C14H14FN3O2/c1-8(10-4-3-5-11(15)6-10)17-14-16-7-12(13(19)20)9(2)18-14/h3-8H,1-2H3,(H,19,20)(H,16,17,18). The molecule has 0 aliphatic carbocycles. The van der Waals surface area contributed by atoms with E-state index in [0.717, 1.165) is 5.56 Å². The summed E-state index contributed by atoms with van der Waals surface area (Å²) in [5.74, 6) is -1.06. The highest BCUT2D eigenvalue weighted by atomic mass is 19.1. The molecule has 104 valence electrons. The molecule has 2 N–H and O–H groups in total. The maximum Gasteiger partial charge on any atom is 0.339 e. The second-order valence-electron chi connectivity index (χ2n) is 4.42. The van der Waals surface area contributed by atoms with Crippen molar-refractivity contribution >= 4 is 11.9 Å². The van der Waals surface area contributed by atoms with Crippen LogP contribution in [0.4, 0.5) is 10.3 Å². The number of nitrogens with one attached hydrogen (secondary N) is 1. The van der Waals surface area contributed by atoms with Gasteiger partial charge < -0.3 is 10.4 Å². The number of halogens is 1. The molecule has 1 heterocycles. The number of hydrogen-bond donors (Lipinski definition) is 2. The van der Waals surface area contributed by atoms with Crippen LogP contribution in [0, 0.1) is 12.7 Å². The lowest BCUT2D eigenvalue weighted by Crippen LogP contribution is -2.12. The van der Waals surface area contributed by atoms with Gasteiger partial charge in [0.1, 0.15) is 5.82 Å². The zero-order valence-corrected chi connectivity index (χ0v) is 11.1. The number of nitrogens with zero attached hydrogens (tertiary/aromatic N) is 2. The first-order valence-electron chi connectivity index (χ1n) is 6.06. The number of aromatic nitrogens is 2. The second kappa shape index (κ2) is 5.64. The van der Waals surface area contributed by atoms with E-state index in [4.69, 9.17) is 5.11 Å². The van der Waals surface area contributed by atoms with E-state index in [1.54, 1.807) is 19.1 Å². The summed E-state index contributed by atoms with van der Waals surface area (Å²) in [7, 11) is 0. The van der Waals surface area contributed by atoms with Gasteiger partial charge >= 0.3 is 5.97 Å². The number of aromatic carboxylic acids is 1. The fourth-order valence-corrected chi connectivity index (χ4v) is 1.80. The van der Waals surface area contributed by atoms with Crippen molar-refractivity contribution in [3.63, 3.8) is 0 Å². The number of anilines is 1. The average molecular weight is 275 g/mol. The highest BCUT2D eigenvalue weighted by Gasteiger charge is 2.12. The van der Waals surface area contributed by atoms with E-state index < -0.39 is 5.97 Å². The predicted octanol–water partition coefficient (Wildman–Crippen LogP) is 2.80. The molecule has 0 fully saturated rings. The van der Waals surface area contributed by atoms with Gasteiger partial charge in [-0.2, -0.15) is 0 Å². The third-order valence-electron chi connectivity index (χ3n) is 2.90. The number of carboxylic acids is 1. The van der Waals surface area contributed by atoms with Gasteiger partial charge in [-0.3, -0.25) is 0 Å². The third-order valence-corrected chi connectivity index (χ3v) is 2.90. The SMILES string of the molecule is Cc1nc(NC(C)c2cccc(F)c2)ncc1C(=O)O. The molecule has 0 aliphatic rings. The normalized spacial score (nSPS) is 11.9. The molecule has 20 heavy (non-hydrogen) atoms. The molecule has 1 atom stereocenters. The van der Waals surface area contributed by atoms with Crippen molar-refractivity contribution in [3.05, 3.63) is 53.1 Å². The first kappa shape index (κ1) is 13.9. The van der Waals surface area contributed by atoms with Crippen molar-refractivity contribution in [2.24, 2.45) is 0 Å². The summed E-state index contributed by atoms with van der Waals surface area (Å²) < 4.78 is 13.1. The Morgan fingerprint density at radius 1 is 1.45 bits per heavy atom. The second-order valence-corrected chi connectivity index (χ2v) is 4.42. The summed E-state index contributed by atoms with van der Waals surface area (Å²) in [5.41, 5.74) is 1.20. The molecule has 0 aliphatic heterocycles. The van der Waals surface area contributed by atoms with Crippen molar-refractivity contribution in [1.29, 1.82) is 0 Å². The van der Waals surface area contributed by atoms with Crippen LogP contribution in [0.2, 0.25) is 0 Å². The predicted molar refractivity (Wildman–Crippen MR) is 72.2 cm³/mol. The minimum atomic E-state index is -1.06. The number of benzene rings is 1. The average Bonchev–Trinajstić information content (AvgIpc) is 2.38. The smallest absolute Gasteiger partial charge is 0.339 e. The lowest BCUT2D eigenvalue weighted by Gasteiger charge is -2.14. The van der Waals surface area contributed by atoms with Crippen LogP contribution in [0.15, 0.2) is 30.5 Å². The van der Waals surface area contributed by atoms with Gasteiger partial charge in [-0.25, -0.2) is 19.2 Å². The third kappa shape index (κ3) is 3.09. The molecular weight excluding hydrogens is 261 g/mol. The molecule has 2 aromatic rings. The highest BCUT2D eigenvalue weighted by molar-refractivity contribution is 5.88. The Morgan fingerprint density at radius 2 is 2.20 bits per heavy atom. The van der Waals surface area contributed by atoms with Gasteiger partial charge in [-0.1, -0.05) is 12.1 Å². The molecule has 0 saturated heterocycles. The molecular formula is C14H14FN3O2. The highest BCUT2D eigenvalue weighted by Crippen LogP contribution is 2.18. The molecule has 0 bridgehead atoms. The molecule has 1 unspecified atom stereocenters. The fraction of sp³-hybridized carbons (Fsp3) is 0.214. The first-order chi connectivity index (χ1) is 9.47. The van der Waals surface area contributed by atoms with Gasteiger partial charge in [0.25, 0.3) is 0 Å². The zero-order chi connectivity index (χ0) is 14.7. The van der Waals surface area contributed by atoms with Gasteiger partial charge in [0.05, 0.1) is 17.3 Å². The maximum absolute atomic E-state index is 13.1. The van der Waals surface area contributed by atoms with E-state index in [-0.39, 0.29) is 17.4 Å². The van der Waals surface area contributed by atoms with Crippen molar-refractivity contribution in [3.8, 4) is 0 Å². The zero-order valence-electron chi connectivity index (χ0n) is 11.1. The van der Waals surface area contributed by atoms with Gasteiger partial charge in [0, 0.05) is 6.20 Å². The molecule has 0 radical (unpaired) electrons. The lowest BCUT2D eigenvalue weighted by atomic mass is 10.1. The monoisotopic (exact) mass is 275 g/mol. The molecule has 6 heteroatoms. The topological polar surface area (TPSA) is 75.1 Å². The molecule has 1 aromatic carbocycles. The first-order valence-corrected chi connectivity index (χ1v) is 6.06. The van der Waals surface area contributed by atoms with Crippen LogP contribution in [0.3, 0.4) is 0 Å². The molecule has 5 nitrogen and oxygen atoms in total. The quantitative estimate of drug-likeness (QED) is 0.897. The van der Waals surface area contributed by atoms with E-state index in [0.29, 0.717) is 11.6 Å². The Kier molecular flexibility index (Phi) is 3.93. The number of aryl methyl sites for hydroxylation is 1. The van der Waals surface area contributed by atoms with E-state index in [2.05, 4.69) is 15.3 Å². The summed E-state index contributed by atoms with van der Waals surface area (Å²) in [6.07, 6.45) is 1.26. The van der Waals surface area contributed by atoms with Crippen molar-refractivity contribution < 1.29 is 14.3 Å². The van der Waals surface area contributed by atoms with Gasteiger partial charge in [-0.15, -0.1) is 0 Å². The van der Waals surface area contributed by atoms with Crippen molar-refractivity contribution in [1.82, 2.24) is 9.97 Å². The minimum Gasteiger partial charge on any atom is -0.478 e. The lowest BCUT2D eigenvalue weighted by molar-refractivity contribution is 0.0695. The molecule has 1 aromatic heterocycles. The van der Waals surface area contributed by atoms with E-state index >= 15 is 0 Å². The Hall–Kier alpha value is -2.50. The minimum absolute atomic E-state index is 0.0639. The molecule has 0 spiro atoms. The number of carboxylic acid groups (broad SMARTS) is 1. The summed E-state index contributed by atoms with van der Waals surface area (Å²) >= 11 is 0. The fourth-order valence-electron chi connectivity index (χ4n) is 1.80. The molecule has 2 rings (SSSR count). The van der Waals surface area contributed by atoms with Crippen LogP contribution in [0.1, 0.15) is 34.6 Å². The van der Waals surface area contributed by atoms with E-state index in [1.807, 2.05) is 6.92 Å². The number of carbonyl (C=O) groups is 1. The van der Waals surface area contributed by atoms with Crippen LogP contribution in [0.25, 0.3) is 0 Å². The van der Waals surface area contributed by atoms with Gasteiger partial charge in [0.2, 0.25) is 5.95 Å². The molecule has 0 saturated carbocycles. The number of rotatable bonds is 4. The number of hydrogen-bond acceptors (Lipinski definition) is 4. The van der Waals surface area contributed by atoms with Crippen LogP contribution in [-0.4, -0.2) is 21.0 Å². The Labute approximate surface area is 115 Å². The van der Waals surface area contributed by atoms with Crippen LogP contribution < -0.4 is 5.32 Å². The van der Waals surface area contributed by atoms with E-state index in [9.17, 15) is 9.18 Å². The van der Waals surface area contributed by atoms with Crippen LogP contribution >= 0.6 is 0 Å². The van der Waals surface area contributed by atoms with Crippen molar-refractivity contribution in [2.75, 3.05) is 5.32 Å². The molecule has 0 amide bonds. The largest absolute Gasteiger partial charge is 0.478 e. The Morgan fingerprint density at radius 3 is 2.80 bits per heavy atom. The summed E-state index contributed by atoms with van der Waals surface area (Å²) in [5, 5.41) is 11.9. The van der Waals surface area contributed by atoms with Gasteiger partial charge in [-0.05, 0) is 31.5 Å². The van der Waals surface area contributed by atoms with E-state index in [1.165, 1.54) is 18.3 Å². The van der Waals surface area contributed by atoms with Crippen LogP contribution in [0.5, 0.6) is 0 Å². The maximum atomic E-state index is 13.1. The van der Waals surface area contributed by atoms with Crippen molar-refractivity contribution in [2.45, 2.75) is 19.9 Å².